The second-order valence-electron chi connectivity index (χ2n) is 2.44. The van der Waals surface area contributed by atoms with Crippen LogP contribution >= 0.6 is 0 Å². The van der Waals surface area contributed by atoms with Crippen LogP contribution in [-0.4, -0.2) is 41.4 Å². The van der Waals surface area contributed by atoms with Gasteiger partial charge in [-0.1, -0.05) is 13.8 Å². The molecule has 0 bridgehead atoms. The first-order chi connectivity index (χ1) is 6.67. The van der Waals surface area contributed by atoms with Crippen molar-refractivity contribution in [1.29, 1.82) is 0 Å². The Hall–Kier alpha value is -1.04. The molecule has 0 aliphatic rings. The van der Waals surface area contributed by atoms with Crippen molar-refractivity contribution in [2.24, 2.45) is 5.28 Å². The first kappa shape index (κ1) is 15.4. The Kier molecular flexibility index (Phi) is 13.2. The minimum atomic E-state index is 0.167. The molecule has 0 radical (unpaired) electrons. The number of nitrogens with one attached hydrogen (secondary N) is 1. The van der Waals surface area contributed by atoms with Gasteiger partial charge < -0.3 is 15.7 Å². The van der Waals surface area contributed by atoms with Crippen LogP contribution in [0.4, 0.5) is 0 Å². The summed E-state index contributed by atoms with van der Waals surface area (Å²) >= 11 is 0. The van der Waals surface area contributed by atoms with Gasteiger partial charge in [0.05, 0.1) is 18.1 Å². The molecule has 0 fully saturated rings. The lowest BCUT2D eigenvalue weighted by Crippen LogP contribution is -2.29. The Bertz CT molecular complexity index is 135. The summed E-state index contributed by atoms with van der Waals surface area (Å²) in [6, 6.07) is 0. The summed E-state index contributed by atoms with van der Waals surface area (Å²) in [5, 5.41) is 25.2. The number of hydrogen-bond donors (Lipinski definition) is 2. The quantitative estimate of drug-likeness (QED) is 0.403. The van der Waals surface area contributed by atoms with Crippen molar-refractivity contribution in [2.75, 3.05) is 26.2 Å². The fourth-order valence-corrected chi connectivity index (χ4v) is 0.772. The minimum absolute atomic E-state index is 0.167. The van der Waals surface area contributed by atoms with Crippen molar-refractivity contribution in [3.05, 3.63) is 5.21 Å². The van der Waals surface area contributed by atoms with E-state index in [0.717, 1.165) is 13.1 Å². The van der Waals surface area contributed by atoms with Crippen LogP contribution in [0, 0.1) is 5.21 Å². The Labute approximate surface area is 85.7 Å². The van der Waals surface area contributed by atoms with Crippen LogP contribution in [-0.2, 0) is 0 Å². The monoisotopic (exact) mass is 206 g/mol. The summed E-state index contributed by atoms with van der Waals surface area (Å²) in [6.45, 7) is 11.1. The van der Waals surface area contributed by atoms with Gasteiger partial charge in [-0.2, -0.15) is 0 Å². The van der Waals surface area contributed by atoms with E-state index in [9.17, 15) is 5.21 Å². The van der Waals surface area contributed by atoms with Crippen LogP contribution in [0.25, 0.3) is 0 Å². The van der Waals surface area contributed by atoms with Crippen LogP contribution < -0.4 is 5.32 Å². The van der Waals surface area contributed by atoms with Crippen molar-refractivity contribution in [1.82, 2.24) is 10.3 Å². The van der Waals surface area contributed by atoms with E-state index in [4.69, 9.17) is 5.21 Å². The fourth-order valence-electron chi connectivity index (χ4n) is 0.772. The van der Waals surface area contributed by atoms with Crippen molar-refractivity contribution >= 4 is 0 Å². The highest BCUT2D eigenvalue weighted by molar-refractivity contribution is 4.29. The lowest BCUT2D eigenvalue weighted by molar-refractivity contribution is -0.708. The third-order valence-corrected chi connectivity index (χ3v) is 1.55. The van der Waals surface area contributed by atoms with Gasteiger partial charge in [-0.3, -0.25) is 0 Å². The van der Waals surface area contributed by atoms with E-state index >= 15 is 0 Å². The average molecular weight is 206 g/mol. The summed E-state index contributed by atoms with van der Waals surface area (Å²) in [6.07, 6.45) is 0. The number of hydrogen-bond acceptors (Lipinski definition) is 3. The molecule has 0 atom stereocenters. The normalized spacial score (nSPS) is 10.4. The molecule has 0 aromatic heterocycles. The van der Waals surface area contributed by atoms with Gasteiger partial charge in [0.25, 0.3) is 0 Å². The molecule has 0 aliphatic heterocycles. The second-order valence-corrected chi connectivity index (χ2v) is 2.44. The van der Waals surface area contributed by atoms with Crippen LogP contribution in [0.2, 0.25) is 0 Å². The molecule has 0 unspecified atom stereocenters. The smallest absolute Gasteiger partial charge is 0.230 e. The highest BCUT2D eigenvalue weighted by Crippen LogP contribution is 1.86. The molecule has 0 saturated carbocycles. The van der Waals surface area contributed by atoms with Gasteiger partial charge in [0.15, 0.2) is 0 Å². The fraction of sp³-hybridized carbons (Fsp3) is 1.00. The topological polar surface area (TPSA) is 73.9 Å². The summed E-state index contributed by atoms with van der Waals surface area (Å²) in [5.41, 5.74) is 0. The second kappa shape index (κ2) is 12.0. The molecule has 0 amide bonds. The lowest BCUT2D eigenvalue weighted by atomic mass is 10.6. The maximum Gasteiger partial charge on any atom is 0.230 e. The van der Waals surface area contributed by atoms with E-state index in [2.05, 4.69) is 24.4 Å². The van der Waals surface area contributed by atoms with Gasteiger partial charge in [0.1, 0.15) is 0 Å². The molecule has 14 heavy (non-hydrogen) atoms. The zero-order valence-corrected chi connectivity index (χ0v) is 9.53. The predicted octanol–water partition coefficient (Wildman–Crippen LogP) is 1.21. The summed E-state index contributed by atoms with van der Waals surface area (Å²) in [7, 11) is 0. The molecule has 0 heterocycles. The van der Waals surface area contributed by atoms with Gasteiger partial charge in [-0.25, -0.2) is 0 Å². The molecule has 86 valence electrons. The van der Waals surface area contributed by atoms with Gasteiger partial charge in [-0.15, -0.1) is 5.01 Å². The molecule has 0 saturated heterocycles. The van der Waals surface area contributed by atoms with E-state index in [1.165, 1.54) is 5.01 Å². The molecule has 0 aliphatic carbocycles. The summed E-state index contributed by atoms with van der Waals surface area (Å²) < 4.78 is 0. The van der Waals surface area contributed by atoms with Crippen molar-refractivity contribution in [3.63, 3.8) is 0 Å². The Morgan fingerprint density at radius 2 is 1.64 bits per heavy atom. The first-order valence-corrected chi connectivity index (χ1v) is 4.95. The first-order valence-electron chi connectivity index (χ1n) is 4.95. The average Bonchev–Trinajstić information content (AvgIpc) is 2.21. The molecular weight excluding hydrogens is 184 g/mol. The van der Waals surface area contributed by atoms with Crippen molar-refractivity contribution in [2.45, 2.75) is 27.7 Å². The molecule has 0 aromatic rings. The molecule has 0 spiro atoms. The van der Waals surface area contributed by atoms with Gasteiger partial charge in [-0.05, 0) is 26.9 Å². The maximum atomic E-state index is 10.4. The van der Waals surface area contributed by atoms with Crippen molar-refractivity contribution in [3.8, 4) is 0 Å². The highest BCUT2D eigenvalue weighted by Gasteiger charge is 2.04. The minimum Gasteiger partial charge on any atom is -0.569 e. The van der Waals surface area contributed by atoms with Crippen LogP contribution in [0.1, 0.15) is 27.7 Å². The number of hydrazine groups is 1. The Balaban J connectivity index is 0. The lowest BCUT2D eigenvalue weighted by Gasteiger charge is -2.11. The van der Waals surface area contributed by atoms with E-state index in [-0.39, 0.29) is 4.97 Å². The highest BCUT2D eigenvalue weighted by atomic mass is 16.6. The summed E-state index contributed by atoms with van der Waals surface area (Å²) in [4.78, 5) is 0.167. The molecule has 0 aromatic carbocycles. The SMILES string of the molecule is CCN(CC)/[N+]([O-])=N/O.CCNCC. The van der Waals surface area contributed by atoms with Crippen LogP contribution in [0.15, 0.2) is 5.28 Å². The van der Waals surface area contributed by atoms with Gasteiger partial charge >= 0.3 is 0 Å². The van der Waals surface area contributed by atoms with Crippen molar-refractivity contribution < 1.29 is 10.2 Å². The number of rotatable bonds is 5. The zero-order valence-electron chi connectivity index (χ0n) is 9.53. The van der Waals surface area contributed by atoms with E-state index in [1.807, 2.05) is 0 Å². The third-order valence-electron chi connectivity index (χ3n) is 1.55. The van der Waals surface area contributed by atoms with E-state index in [0.29, 0.717) is 13.1 Å². The summed E-state index contributed by atoms with van der Waals surface area (Å²) in [5.74, 6) is 0. The molecule has 6 heteroatoms. The Morgan fingerprint density at radius 1 is 1.21 bits per heavy atom. The van der Waals surface area contributed by atoms with Crippen LogP contribution in [0.5, 0.6) is 0 Å². The van der Waals surface area contributed by atoms with E-state index in [1.54, 1.807) is 13.8 Å². The predicted molar refractivity (Wildman–Crippen MR) is 55.0 cm³/mol. The molecule has 2 N–H and O–H groups in total. The molecule has 0 rings (SSSR count). The third kappa shape index (κ3) is 9.05. The molecule has 6 nitrogen and oxygen atoms in total. The standard InChI is InChI=1S/C4H11N3O2.C4H11N/c1-3-6(4-2)7(9)5-8;1-3-5-4-2/h8H,3-4H2,1-2H3;5H,3-4H2,1-2H3/b7-5-;. The van der Waals surface area contributed by atoms with Gasteiger partial charge in [0.2, 0.25) is 5.28 Å². The maximum absolute atomic E-state index is 10.4. The van der Waals surface area contributed by atoms with Crippen LogP contribution in [0.3, 0.4) is 0 Å². The Morgan fingerprint density at radius 3 is 1.71 bits per heavy atom. The van der Waals surface area contributed by atoms with Gasteiger partial charge in [0, 0.05) is 0 Å². The number of nitrogens with zero attached hydrogens (tertiary/aromatic N) is 3. The molecular formula is C8H22N4O2. The zero-order chi connectivity index (χ0) is 11.4. The largest absolute Gasteiger partial charge is 0.569 e. The van der Waals surface area contributed by atoms with E-state index < -0.39 is 0 Å².